The Balaban J connectivity index is 2.39. The second-order valence-electron chi connectivity index (χ2n) is 5.25. The van der Waals surface area contributed by atoms with Gasteiger partial charge >= 0.3 is 0 Å². The van der Waals surface area contributed by atoms with Gasteiger partial charge < -0.3 is 16.0 Å². The van der Waals surface area contributed by atoms with E-state index in [1.807, 2.05) is 44.4 Å². The molecule has 2 rings (SSSR count). The van der Waals surface area contributed by atoms with Crippen molar-refractivity contribution in [2.45, 2.75) is 13.0 Å². The molecule has 0 aliphatic carbocycles. The van der Waals surface area contributed by atoms with Gasteiger partial charge in [0.1, 0.15) is 10.8 Å². The molecule has 20 heavy (non-hydrogen) atoms. The summed E-state index contributed by atoms with van der Waals surface area (Å²) in [6.45, 7) is 3.02. The zero-order chi connectivity index (χ0) is 14.7. The Morgan fingerprint density at radius 1 is 1.40 bits per heavy atom. The van der Waals surface area contributed by atoms with Gasteiger partial charge in [0.2, 0.25) is 0 Å². The van der Waals surface area contributed by atoms with Crippen LogP contribution in [0.25, 0.3) is 10.9 Å². The molecule has 0 aliphatic rings. The van der Waals surface area contributed by atoms with Gasteiger partial charge in [-0.05, 0) is 33.2 Å². The van der Waals surface area contributed by atoms with Crippen LogP contribution in [-0.4, -0.2) is 41.6 Å². The maximum absolute atomic E-state index is 5.82. The molecule has 0 fully saturated rings. The number of nitrogens with two attached hydrogens (primary N) is 1. The van der Waals surface area contributed by atoms with Crippen LogP contribution in [0.5, 0.6) is 0 Å². The minimum atomic E-state index is 0.256. The number of rotatable bonds is 5. The van der Waals surface area contributed by atoms with Crippen LogP contribution in [0, 0.1) is 0 Å². The first-order valence-corrected chi connectivity index (χ1v) is 6.99. The van der Waals surface area contributed by atoms with E-state index in [0.29, 0.717) is 4.99 Å². The number of benzene rings is 1. The maximum atomic E-state index is 5.82. The van der Waals surface area contributed by atoms with Crippen molar-refractivity contribution in [1.29, 1.82) is 0 Å². The van der Waals surface area contributed by atoms with Gasteiger partial charge in [-0.3, -0.25) is 0 Å². The van der Waals surface area contributed by atoms with Crippen LogP contribution in [0.1, 0.15) is 12.5 Å². The van der Waals surface area contributed by atoms with Gasteiger partial charge in [0, 0.05) is 18.0 Å². The molecule has 5 heteroatoms. The van der Waals surface area contributed by atoms with E-state index >= 15 is 0 Å². The van der Waals surface area contributed by atoms with E-state index in [4.69, 9.17) is 18.0 Å². The Labute approximate surface area is 125 Å². The molecule has 0 spiro atoms. The maximum Gasteiger partial charge on any atom is 0.137 e. The predicted octanol–water partition coefficient (Wildman–Crippen LogP) is 2.23. The summed E-state index contributed by atoms with van der Waals surface area (Å²) in [5.74, 6) is 0.755. The number of anilines is 1. The van der Waals surface area contributed by atoms with E-state index in [0.717, 1.165) is 28.8 Å². The summed E-state index contributed by atoms with van der Waals surface area (Å²) in [6, 6.07) is 10.2. The molecule has 1 aromatic heterocycles. The molecule has 2 aromatic rings. The van der Waals surface area contributed by atoms with Crippen LogP contribution in [0.3, 0.4) is 0 Å². The summed E-state index contributed by atoms with van der Waals surface area (Å²) in [4.78, 5) is 7.13. The summed E-state index contributed by atoms with van der Waals surface area (Å²) in [7, 11) is 4.08. The summed E-state index contributed by atoms with van der Waals surface area (Å²) in [6.07, 6.45) is 0. The van der Waals surface area contributed by atoms with Gasteiger partial charge in [-0.2, -0.15) is 0 Å². The summed E-state index contributed by atoms with van der Waals surface area (Å²) < 4.78 is 0. The molecule has 0 bridgehead atoms. The van der Waals surface area contributed by atoms with Crippen molar-refractivity contribution < 1.29 is 0 Å². The molecule has 1 aromatic carbocycles. The van der Waals surface area contributed by atoms with Crippen molar-refractivity contribution in [3.63, 3.8) is 0 Å². The highest BCUT2D eigenvalue weighted by Crippen LogP contribution is 2.21. The highest BCUT2D eigenvalue weighted by molar-refractivity contribution is 7.80. The largest absolute Gasteiger partial charge is 0.389 e. The van der Waals surface area contributed by atoms with Crippen molar-refractivity contribution in [3.05, 3.63) is 35.9 Å². The average molecular weight is 288 g/mol. The molecular formula is C15H20N4S. The molecule has 1 unspecified atom stereocenters. The summed E-state index contributed by atoms with van der Waals surface area (Å²) in [5, 5.41) is 4.44. The number of nitrogens with one attached hydrogen (secondary N) is 1. The molecule has 106 valence electrons. The minimum Gasteiger partial charge on any atom is -0.389 e. The van der Waals surface area contributed by atoms with Gasteiger partial charge in [0.05, 0.1) is 11.1 Å². The molecule has 0 aliphatic heterocycles. The number of hydrogen-bond donors (Lipinski definition) is 2. The Bertz CT molecular complexity index is 624. The molecule has 0 saturated carbocycles. The smallest absolute Gasteiger partial charge is 0.137 e. The van der Waals surface area contributed by atoms with Gasteiger partial charge in [-0.25, -0.2) is 4.98 Å². The van der Waals surface area contributed by atoms with Crippen LogP contribution in [0.15, 0.2) is 30.3 Å². The molecule has 3 N–H and O–H groups in total. The van der Waals surface area contributed by atoms with Gasteiger partial charge in [-0.1, -0.05) is 30.4 Å². The lowest BCUT2D eigenvalue weighted by Crippen LogP contribution is -2.31. The Hall–Kier alpha value is -1.72. The molecule has 4 nitrogen and oxygen atoms in total. The fourth-order valence-corrected chi connectivity index (χ4v) is 2.40. The number of fused-ring (bicyclic) bond motifs is 1. The number of aromatic nitrogens is 1. The SMILES string of the molecule is CC(CN(C)C)Nc1nc2ccccc2cc1C(N)=S. The summed E-state index contributed by atoms with van der Waals surface area (Å²) in [5.41, 5.74) is 7.56. The normalized spacial score (nSPS) is 12.6. The van der Waals surface area contributed by atoms with E-state index in [2.05, 4.69) is 22.1 Å². The lowest BCUT2D eigenvalue weighted by molar-refractivity contribution is 0.392. The Morgan fingerprint density at radius 3 is 2.75 bits per heavy atom. The monoisotopic (exact) mass is 288 g/mol. The average Bonchev–Trinajstić information content (AvgIpc) is 2.36. The number of thiocarbonyl (C=S) groups is 1. The van der Waals surface area contributed by atoms with E-state index in [1.54, 1.807) is 0 Å². The summed E-state index contributed by atoms with van der Waals surface area (Å²) >= 11 is 5.14. The number of pyridine rings is 1. The van der Waals surface area contributed by atoms with Crippen LogP contribution in [0.4, 0.5) is 5.82 Å². The third kappa shape index (κ3) is 3.43. The van der Waals surface area contributed by atoms with Crippen LogP contribution >= 0.6 is 12.2 Å². The highest BCUT2D eigenvalue weighted by atomic mass is 32.1. The zero-order valence-electron chi connectivity index (χ0n) is 12.1. The predicted molar refractivity (Wildman–Crippen MR) is 89.3 cm³/mol. The van der Waals surface area contributed by atoms with E-state index < -0.39 is 0 Å². The highest BCUT2D eigenvalue weighted by Gasteiger charge is 2.12. The fourth-order valence-electron chi connectivity index (χ4n) is 2.24. The second-order valence-corrected chi connectivity index (χ2v) is 5.69. The topological polar surface area (TPSA) is 54.2 Å². The number of likely N-dealkylation sites (N-methyl/N-ethyl adjacent to an activating group) is 1. The van der Waals surface area contributed by atoms with E-state index in [9.17, 15) is 0 Å². The van der Waals surface area contributed by atoms with Crippen LogP contribution in [0.2, 0.25) is 0 Å². The number of para-hydroxylation sites is 1. The number of nitrogens with zero attached hydrogens (tertiary/aromatic N) is 2. The molecule has 0 amide bonds. The van der Waals surface area contributed by atoms with Crippen molar-refractivity contribution in [3.8, 4) is 0 Å². The fraction of sp³-hybridized carbons (Fsp3) is 0.333. The molecule has 0 radical (unpaired) electrons. The lowest BCUT2D eigenvalue weighted by atomic mass is 10.1. The first-order chi connectivity index (χ1) is 9.47. The van der Waals surface area contributed by atoms with Crippen LogP contribution < -0.4 is 11.1 Å². The van der Waals surface area contributed by atoms with Crippen LogP contribution in [-0.2, 0) is 0 Å². The first kappa shape index (κ1) is 14.7. The van der Waals surface area contributed by atoms with Crippen molar-refractivity contribution in [2.24, 2.45) is 5.73 Å². The molecular weight excluding hydrogens is 268 g/mol. The molecule has 1 heterocycles. The third-order valence-corrected chi connectivity index (χ3v) is 3.23. The third-order valence-electron chi connectivity index (χ3n) is 3.01. The van der Waals surface area contributed by atoms with Crippen molar-refractivity contribution in [2.75, 3.05) is 26.0 Å². The quantitative estimate of drug-likeness (QED) is 0.826. The van der Waals surface area contributed by atoms with Gasteiger partial charge in [-0.15, -0.1) is 0 Å². The van der Waals surface area contributed by atoms with Gasteiger partial charge in [0.15, 0.2) is 0 Å². The van der Waals surface area contributed by atoms with E-state index in [1.165, 1.54) is 0 Å². The second kappa shape index (κ2) is 6.15. The first-order valence-electron chi connectivity index (χ1n) is 6.58. The van der Waals surface area contributed by atoms with Crippen molar-refractivity contribution >= 4 is 33.9 Å². The Kier molecular flexibility index (Phi) is 4.52. The van der Waals surface area contributed by atoms with Gasteiger partial charge in [0.25, 0.3) is 0 Å². The molecule has 0 saturated heterocycles. The minimum absolute atomic E-state index is 0.256. The Morgan fingerprint density at radius 2 is 2.10 bits per heavy atom. The standard InChI is InChI=1S/C15H20N4S/c1-10(9-19(2)3)17-15-12(14(16)20)8-11-6-4-5-7-13(11)18-15/h4-8,10H,9H2,1-3H3,(H2,16,20)(H,17,18). The number of hydrogen-bond acceptors (Lipinski definition) is 4. The van der Waals surface area contributed by atoms with Crippen molar-refractivity contribution in [1.82, 2.24) is 9.88 Å². The van der Waals surface area contributed by atoms with E-state index in [-0.39, 0.29) is 6.04 Å². The molecule has 1 atom stereocenters. The lowest BCUT2D eigenvalue weighted by Gasteiger charge is -2.20. The zero-order valence-corrected chi connectivity index (χ0v) is 12.9.